The van der Waals surface area contributed by atoms with E-state index in [1.165, 1.54) is 12.8 Å². The zero-order valence-electron chi connectivity index (χ0n) is 11.3. The Hall–Kier alpha value is -0.650. The van der Waals surface area contributed by atoms with Crippen LogP contribution in [0, 0.1) is 5.41 Å². The topological polar surface area (TPSA) is 70.6 Å². The molecule has 0 atom stereocenters. The molecule has 1 aliphatic rings. The Morgan fingerprint density at radius 3 is 2.72 bits per heavy atom. The summed E-state index contributed by atoms with van der Waals surface area (Å²) >= 11 is 0. The van der Waals surface area contributed by atoms with Crippen molar-refractivity contribution in [2.24, 2.45) is 5.41 Å². The van der Waals surface area contributed by atoms with Gasteiger partial charge in [0.2, 0.25) is 5.91 Å². The van der Waals surface area contributed by atoms with Gasteiger partial charge in [-0.2, -0.15) is 0 Å². The van der Waals surface area contributed by atoms with Crippen LogP contribution < -0.4 is 10.6 Å². The molecule has 1 amide bonds. The number of carbonyl (C=O) groups excluding carboxylic acids is 1. The molecule has 18 heavy (non-hydrogen) atoms. The van der Waals surface area contributed by atoms with E-state index >= 15 is 0 Å². The minimum atomic E-state index is 0.0234. The van der Waals surface area contributed by atoms with Crippen LogP contribution >= 0.6 is 0 Å². The summed E-state index contributed by atoms with van der Waals surface area (Å²) in [5.74, 6) is 0.0234. The molecule has 0 saturated heterocycles. The van der Waals surface area contributed by atoms with E-state index in [1.807, 2.05) is 0 Å². The SMILES string of the molecule is COCCNCC(=O)NCC1(CCO)CCCC1. The van der Waals surface area contributed by atoms with Crippen LogP contribution in [-0.4, -0.2) is 51.0 Å². The summed E-state index contributed by atoms with van der Waals surface area (Å²) in [6.45, 7) is 2.53. The second kappa shape index (κ2) is 8.45. The van der Waals surface area contributed by atoms with Crippen molar-refractivity contribution in [3.63, 3.8) is 0 Å². The van der Waals surface area contributed by atoms with Crippen LogP contribution in [0.25, 0.3) is 0 Å². The van der Waals surface area contributed by atoms with E-state index in [-0.39, 0.29) is 17.9 Å². The Morgan fingerprint density at radius 1 is 1.39 bits per heavy atom. The number of hydrogen-bond donors (Lipinski definition) is 3. The lowest BCUT2D eigenvalue weighted by Gasteiger charge is -2.28. The van der Waals surface area contributed by atoms with E-state index in [2.05, 4.69) is 10.6 Å². The smallest absolute Gasteiger partial charge is 0.233 e. The van der Waals surface area contributed by atoms with Gasteiger partial charge in [-0.25, -0.2) is 0 Å². The third-order valence-electron chi connectivity index (χ3n) is 3.74. The van der Waals surface area contributed by atoms with Crippen LogP contribution in [0.3, 0.4) is 0 Å². The number of carbonyl (C=O) groups is 1. The van der Waals surface area contributed by atoms with Crippen molar-refractivity contribution in [2.75, 3.05) is 40.0 Å². The average molecular weight is 258 g/mol. The van der Waals surface area contributed by atoms with Gasteiger partial charge in [0.05, 0.1) is 13.2 Å². The van der Waals surface area contributed by atoms with Crippen molar-refractivity contribution in [3.8, 4) is 0 Å². The van der Waals surface area contributed by atoms with Gasteiger partial charge < -0.3 is 20.5 Å². The normalized spacial score (nSPS) is 17.9. The van der Waals surface area contributed by atoms with Crippen molar-refractivity contribution >= 4 is 5.91 Å². The van der Waals surface area contributed by atoms with Crippen LogP contribution in [0.2, 0.25) is 0 Å². The summed E-state index contributed by atoms with van der Waals surface area (Å²) in [4.78, 5) is 11.6. The molecule has 3 N–H and O–H groups in total. The van der Waals surface area contributed by atoms with Crippen LogP contribution in [0.4, 0.5) is 0 Å². The monoisotopic (exact) mass is 258 g/mol. The lowest BCUT2D eigenvalue weighted by atomic mass is 9.83. The number of amides is 1. The predicted octanol–water partition coefficient (Wildman–Crippen LogP) is 0.281. The van der Waals surface area contributed by atoms with Crippen molar-refractivity contribution in [1.29, 1.82) is 0 Å². The van der Waals surface area contributed by atoms with Gasteiger partial charge in [-0.15, -0.1) is 0 Å². The number of rotatable bonds is 9. The standard InChI is InChI=1S/C13H26N2O3/c1-18-9-7-14-10-12(17)15-11-13(6-8-16)4-2-3-5-13/h14,16H,2-11H2,1H3,(H,15,17). The zero-order valence-corrected chi connectivity index (χ0v) is 11.3. The highest BCUT2D eigenvalue weighted by molar-refractivity contribution is 5.78. The minimum Gasteiger partial charge on any atom is -0.396 e. The summed E-state index contributed by atoms with van der Waals surface area (Å²) in [7, 11) is 1.64. The first kappa shape index (κ1) is 15.4. The fourth-order valence-corrected chi connectivity index (χ4v) is 2.60. The number of hydrogen-bond acceptors (Lipinski definition) is 4. The highest BCUT2D eigenvalue weighted by Crippen LogP contribution is 2.40. The third-order valence-corrected chi connectivity index (χ3v) is 3.74. The van der Waals surface area contributed by atoms with Gasteiger partial charge in [-0.05, 0) is 24.7 Å². The van der Waals surface area contributed by atoms with Crippen molar-refractivity contribution in [1.82, 2.24) is 10.6 Å². The van der Waals surface area contributed by atoms with Crippen LogP contribution in [0.1, 0.15) is 32.1 Å². The predicted molar refractivity (Wildman–Crippen MR) is 70.4 cm³/mol. The van der Waals surface area contributed by atoms with Crippen LogP contribution in [0.5, 0.6) is 0 Å². The molecule has 1 fully saturated rings. The van der Waals surface area contributed by atoms with E-state index < -0.39 is 0 Å². The largest absolute Gasteiger partial charge is 0.396 e. The molecule has 0 aromatic heterocycles. The molecule has 0 heterocycles. The third kappa shape index (κ3) is 5.33. The second-order valence-electron chi connectivity index (χ2n) is 5.13. The number of aliphatic hydroxyl groups is 1. The molecule has 5 nitrogen and oxygen atoms in total. The van der Waals surface area contributed by atoms with Crippen LogP contribution in [-0.2, 0) is 9.53 Å². The molecule has 1 aliphatic carbocycles. The number of nitrogens with one attached hydrogen (secondary N) is 2. The Balaban J connectivity index is 2.19. The van der Waals surface area contributed by atoms with Gasteiger partial charge in [0.1, 0.15) is 0 Å². The molecule has 5 heteroatoms. The molecule has 0 spiro atoms. The van der Waals surface area contributed by atoms with Gasteiger partial charge in [0.15, 0.2) is 0 Å². The first-order valence-corrected chi connectivity index (χ1v) is 6.80. The molecule has 0 aromatic rings. The fraction of sp³-hybridized carbons (Fsp3) is 0.923. The van der Waals surface area contributed by atoms with Crippen molar-refractivity contribution < 1.29 is 14.6 Å². The van der Waals surface area contributed by atoms with Gasteiger partial charge >= 0.3 is 0 Å². The Kier molecular flexibility index (Phi) is 7.23. The maximum absolute atomic E-state index is 11.6. The molecule has 0 aromatic carbocycles. The fourth-order valence-electron chi connectivity index (χ4n) is 2.60. The number of methoxy groups -OCH3 is 1. The highest BCUT2D eigenvalue weighted by atomic mass is 16.5. The molecular formula is C13H26N2O3. The maximum atomic E-state index is 11.6. The van der Waals surface area contributed by atoms with E-state index in [4.69, 9.17) is 9.84 Å². The maximum Gasteiger partial charge on any atom is 0.233 e. The molecule has 0 aliphatic heterocycles. The Labute approximate surface area is 109 Å². The van der Waals surface area contributed by atoms with E-state index in [1.54, 1.807) is 7.11 Å². The summed E-state index contributed by atoms with van der Waals surface area (Å²) in [6.07, 6.45) is 5.45. The summed E-state index contributed by atoms with van der Waals surface area (Å²) in [6, 6.07) is 0. The van der Waals surface area contributed by atoms with Gasteiger partial charge in [-0.3, -0.25) is 4.79 Å². The lowest BCUT2D eigenvalue weighted by Crippen LogP contribution is -2.41. The molecule has 0 bridgehead atoms. The number of aliphatic hydroxyl groups excluding tert-OH is 1. The molecule has 0 unspecified atom stereocenters. The molecule has 0 radical (unpaired) electrons. The molecule has 1 saturated carbocycles. The summed E-state index contributed by atoms with van der Waals surface area (Å²) < 4.78 is 4.89. The highest BCUT2D eigenvalue weighted by Gasteiger charge is 2.33. The zero-order chi connectivity index (χ0) is 13.3. The first-order chi connectivity index (χ1) is 8.72. The summed E-state index contributed by atoms with van der Waals surface area (Å²) in [5.41, 5.74) is 0.136. The molecular weight excluding hydrogens is 232 g/mol. The van der Waals surface area contributed by atoms with Gasteiger partial charge in [-0.1, -0.05) is 12.8 Å². The quantitative estimate of drug-likeness (QED) is 0.520. The van der Waals surface area contributed by atoms with E-state index in [0.717, 1.165) is 19.3 Å². The average Bonchev–Trinajstić information content (AvgIpc) is 2.82. The molecule has 1 rings (SSSR count). The van der Waals surface area contributed by atoms with Crippen molar-refractivity contribution in [2.45, 2.75) is 32.1 Å². The van der Waals surface area contributed by atoms with Gasteiger partial charge in [0, 0.05) is 26.8 Å². The summed E-state index contributed by atoms with van der Waals surface area (Å²) in [5, 5.41) is 15.1. The number of ether oxygens (including phenoxy) is 1. The van der Waals surface area contributed by atoms with Gasteiger partial charge in [0.25, 0.3) is 0 Å². The van der Waals surface area contributed by atoms with Crippen LogP contribution in [0.15, 0.2) is 0 Å². The van der Waals surface area contributed by atoms with E-state index in [0.29, 0.717) is 26.2 Å². The Morgan fingerprint density at radius 2 is 2.11 bits per heavy atom. The second-order valence-corrected chi connectivity index (χ2v) is 5.13. The lowest BCUT2D eigenvalue weighted by molar-refractivity contribution is -0.120. The molecule has 106 valence electrons. The van der Waals surface area contributed by atoms with Crippen molar-refractivity contribution in [3.05, 3.63) is 0 Å². The van der Waals surface area contributed by atoms with E-state index in [9.17, 15) is 4.79 Å². The Bertz CT molecular complexity index is 240. The first-order valence-electron chi connectivity index (χ1n) is 6.80. The minimum absolute atomic E-state index is 0.0234.